The number of esters is 2. The number of hydrogen-bond acceptors (Lipinski definition) is 8. The first-order chi connectivity index (χ1) is 17.5. The molecule has 3 aromatic rings. The van der Waals surface area contributed by atoms with E-state index in [9.17, 15) is 22.8 Å². The molecule has 0 aliphatic carbocycles. The Bertz CT molecular complexity index is 1400. The lowest BCUT2D eigenvalue weighted by atomic mass is 10.1. The van der Waals surface area contributed by atoms with Gasteiger partial charge in [0.25, 0.3) is 15.9 Å². The highest BCUT2D eigenvalue weighted by atomic mass is 32.2. The molecule has 0 saturated heterocycles. The molecule has 0 aromatic heterocycles. The summed E-state index contributed by atoms with van der Waals surface area (Å²) in [6.07, 6.45) is 0. The molecule has 0 atom stereocenters. The Morgan fingerprint density at radius 3 is 1.97 bits per heavy atom. The fourth-order valence-corrected chi connectivity index (χ4v) is 4.40. The van der Waals surface area contributed by atoms with E-state index in [1.54, 1.807) is 13.0 Å². The maximum Gasteiger partial charge on any atom is 0.337 e. The molecule has 0 radical (unpaired) electrons. The van der Waals surface area contributed by atoms with Crippen LogP contribution in [0.4, 0.5) is 11.4 Å². The summed E-state index contributed by atoms with van der Waals surface area (Å²) < 4.78 is 42.9. The zero-order chi connectivity index (χ0) is 27.2. The number of carbonyl (C=O) groups excluding carboxylic acids is 3. The Morgan fingerprint density at radius 1 is 0.811 bits per heavy atom. The van der Waals surface area contributed by atoms with Crippen LogP contribution in [0.2, 0.25) is 0 Å². The number of carbonyl (C=O) groups is 3. The van der Waals surface area contributed by atoms with Crippen LogP contribution in [0, 0.1) is 13.8 Å². The summed E-state index contributed by atoms with van der Waals surface area (Å²) in [6.45, 7) is 3.26. The van der Waals surface area contributed by atoms with Crippen molar-refractivity contribution in [2.45, 2.75) is 18.7 Å². The number of rotatable bonds is 9. The van der Waals surface area contributed by atoms with Crippen molar-refractivity contribution in [3.8, 4) is 5.75 Å². The average Bonchev–Trinajstić information content (AvgIpc) is 2.88. The van der Waals surface area contributed by atoms with Crippen molar-refractivity contribution < 1.29 is 37.0 Å². The van der Waals surface area contributed by atoms with Gasteiger partial charge in [-0.2, -0.15) is 0 Å². The molecule has 10 nitrogen and oxygen atoms in total. The van der Waals surface area contributed by atoms with Crippen LogP contribution in [0.1, 0.15) is 31.8 Å². The standard InChI is InChI=1S/C26H26N2O8S/c1-16-5-6-17(2)23(11-16)28-37(32,33)22-9-7-21(8-10-22)36-15-24(29)27-20-13-18(25(30)34-3)12-19(14-20)26(31)35-4/h5-14,28H,15H2,1-4H3,(H,27,29). The van der Waals surface area contributed by atoms with E-state index in [1.165, 1.54) is 56.7 Å². The molecule has 3 rings (SSSR count). The average molecular weight is 527 g/mol. The van der Waals surface area contributed by atoms with Gasteiger partial charge in [-0.1, -0.05) is 12.1 Å². The second-order valence-corrected chi connectivity index (χ2v) is 9.70. The molecule has 0 bridgehead atoms. The Morgan fingerprint density at radius 2 is 1.41 bits per heavy atom. The summed E-state index contributed by atoms with van der Waals surface area (Å²) in [5.74, 6) is -1.70. The molecule has 0 spiro atoms. The topological polar surface area (TPSA) is 137 Å². The molecule has 37 heavy (non-hydrogen) atoms. The van der Waals surface area contributed by atoms with E-state index in [2.05, 4.69) is 19.5 Å². The number of ether oxygens (including phenoxy) is 3. The van der Waals surface area contributed by atoms with Crippen molar-refractivity contribution in [3.05, 3.63) is 82.9 Å². The molecule has 0 heterocycles. The van der Waals surface area contributed by atoms with E-state index in [-0.39, 0.29) is 27.5 Å². The van der Waals surface area contributed by atoms with Crippen LogP contribution in [-0.2, 0) is 24.3 Å². The normalized spacial score (nSPS) is 10.8. The SMILES string of the molecule is COC(=O)c1cc(NC(=O)COc2ccc(S(=O)(=O)Nc3cc(C)ccc3C)cc2)cc(C(=O)OC)c1. The summed E-state index contributed by atoms with van der Waals surface area (Å²) >= 11 is 0. The highest BCUT2D eigenvalue weighted by Gasteiger charge is 2.17. The van der Waals surface area contributed by atoms with E-state index in [4.69, 9.17) is 4.74 Å². The lowest BCUT2D eigenvalue weighted by molar-refractivity contribution is -0.118. The third-order valence-corrected chi connectivity index (χ3v) is 6.58. The first-order valence-electron chi connectivity index (χ1n) is 11.0. The summed E-state index contributed by atoms with van der Waals surface area (Å²) in [4.78, 5) is 36.2. The summed E-state index contributed by atoms with van der Waals surface area (Å²) in [6, 6.07) is 15.0. The molecule has 1 amide bonds. The molecule has 11 heteroatoms. The number of benzene rings is 3. The number of nitrogens with one attached hydrogen (secondary N) is 2. The quantitative estimate of drug-likeness (QED) is 0.403. The van der Waals surface area contributed by atoms with Crippen LogP contribution in [0.3, 0.4) is 0 Å². The smallest absolute Gasteiger partial charge is 0.337 e. The van der Waals surface area contributed by atoms with E-state index >= 15 is 0 Å². The Labute approximate surface area is 214 Å². The largest absolute Gasteiger partial charge is 0.484 e. The number of hydrogen-bond donors (Lipinski definition) is 2. The summed E-state index contributed by atoms with van der Waals surface area (Å²) in [5.41, 5.74) is 2.46. The van der Waals surface area contributed by atoms with Gasteiger partial charge in [0, 0.05) is 5.69 Å². The van der Waals surface area contributed by atoms with Gasteiger partial charge in [0.2, 0.25) is 0 Å². The second-order valence-electron chi connectivity index (χ2n) is 8.01. The maximum atomic E-state index is 12.8. The molecule has 3 aromatic carbocycles. The van der Waals surface area contributed by atoms with Crippen molar-refractivity contribution >= 4 is 39.2 Å². The number of aryl methyl sites for hydroxylation is 2. The van der Waals surface area contributed by atoms with E-state index < -0.39 is 34.5 Å². The fraction of sp³-hybridized carbons (Fsp3) is 0.192. The van der Waals surface area contributed by atoms with Crippen LogP contribution >= 0.6 is 0 Å². The minimum Gasteiger partial charge on any atom is -0.484 e. The zero-order valence-electron chi connectivity index (χ0n) is 20.7. The molecule has 0 fully saturated rings. The van der Waals surface area contributed by atoms with Gasteiger partial charge in [-0.15, -0.1) is 0 Å². The van der Waals surface area contributed by atoms with Crippen LogP contribution in [0.5, 0.6) is 5.75 Å². The maximum absolute atomic E-state index is 12.8. The number of sulfonamides is 1. The van der Waals surface area contributed by atoms with Crippen molar-refractivity contribution in [1.29, 1.82) is 0 Å². The summed E-state index contributed by atoms with van der Waals surface area (Å²) in [7, 11) is -1.45. The predicted octanol–water partition coefficient (Wildman–Crippen LogP) is 3.69. The highest BCUT2D eigenvalue weighted by molar-refractivity contribution is 7.92. The molecule has 0 saturated carbocycles. The van der Waals surface area contributed by atoms with Gasteiger partial charge in [0.15, 0.2) is 6.61 Å². The van der Waals surface area contributed by atoms with Gasteiger partial charge >= 0.3 is 11.9 Å². The third kappa shape index (κ3) is 7.07. The van der Waals surface area contributed by atoms with Crippen molar-refractivity contribution in [2.24, 2.45) is 0 Å². The van der Waals surface area contributed by atoms with Crippen LogP contribution in [0.15, 0.2) is 65.6 Å². The van der Waals surface area contributed by atoms with Gasteiger partial charge in [-0.3, -0.25) is 9.52 Å². The van der Waals surface area contributed by atoms with E-state index in [0.717, 1.165) is 11.1 Å². The predicted molar refractivity (Wildman–Crippen MR) is 136 cm³/mol. The minimum atomic E-state index is -3.83. The molecule has 0 aliphatic rings. The Kier molecular flexibility index (Phi) is 8.51. The minimum absolute atomic E-state index is 0.0279. The number of anilines is 2. The molecule has 0 unspecified atom stereocenters. The van der Waals surface area contributed by atoms with Crippen LogP contribution in [-0.4, -0.2) is 47.1 Å². The molecule has 2 N–H and O–H groups in total. The van der Waals surface area contributed by atoms with Gasteiger partial charge in [-0.25, -0.2) is 18.0 Å². The van der Waals surface area contributed by atoms with Gasteiger partial charge in [-0.05, 0) is 73.5 Å². The van der Waals surface area contributed by atoms with Gasteiger partial charge in [0.1, 0.15) is 5.75 Å². The third-order valence-electron chi connectivity index (χ3n) is 5.20. The van der Waals surface area contributed by atoms with E-state index in [0.29, 0.717) is 5.69 Å². The highest BCUT2D eigenvalue weighted by Crippen LogP contribution is 2.23. The van der Waals surface area contributed by atoms with Gasteiger partial charge in [0.05, 0.1) is 35.9 Å². The Hall–Kier alpha value is -4.38. The summed E-state index contributed by atoms with van der Waals surface area (Å²) in [5, 5.41) is 2.54. The first kappa shape index (κ1) is 27.2. The number of methoxy groups -OCH3 is 2. The zero-order valence-corrected chi connectivity index (χ0v) is 21.5. The lowest BCUT2D eigenvalue weighted by Gasteiger charge is -2.12. The first-order valence-corrected chi connectivity index (χ1v) is 12.4. The molecular weight excluding hydrogens is 500 g/mol. The Balaban J connectivity index is 1.65. The van der Waals surface area contributed by atoms with Gasteiger partial charge < -0.3 is 19.5 Å². The number of amides is 1. The van der Waals surface area contributed by atoms with Crippen molar-refractivity contribution in [2.75, 3.05) is 30.9 Å². The van der Waals surface area contributed by atoms with Crippen molar-refractivity contribution in [1.82, 2.24) is 0 Å². The monoisotopic (exact) mass is 526 g/mol. The molecular formula is C26H26N2O8S. The van der Waals surface area contributed by atoms with Crippen LogP contribution in [0.25, 0.3) is 0 Å². The van der Waals surface area contributed by atoms with E-state index in [1.807, 2.05) is 19.1 Å². The fourth-order valence-electron chi connectivity index (χ4n) is 3.28. The molecule has 0 aliphatic heterocycles. The van der Waals surface area contributed by atoms with Crippen LogP contribution < -0.4 is 14.8 Å². The molecule has 194 valence electrons. The van der Waals surface area contributed by atoms with Crippen molar-refractivity contribution in [3.63, 3.8) is 0 Å². The lowest BCUT2D eigenvalue weighted by Crippen LogP contribution is -2.21. The second kappa shape index (κ2) is 11.6.